The van der Waals surface area contributed by atoms with Crippen molar-refractivity contribution in [2.45, 2.75) is 31.8 Å². The molecule has 0 aliphatic heterocycles. The summed E-state index contributed by atoms with van der Waals surface area (Å²) in [5.74, 6) is 0.859. The Kier molecular flexibility index (Phi) is 2.12. The van der Waals surface area contributed by atoms with Crippen LogP contribution < -0.4 is 0 Å². The lowest BCUT2D eigenvalue weighted by atomic mass is 9.94. The van der Waals surface area contributed by atoms with E-state index in [1.165, 1.54) is 5.69 Å². The summed E-state index contributed by atoms with van der Waals surface area (Å²) >= 11 is 0. The molecule has 1 aliphatic rings. The summed E-state index contributed by atoms with van der Waals surface area (Å²) in [6, 6.07) is 2.05. The Labute approximate surface area is 78.4 Å². The maximum absolute atomic E-state index is 9.63. The zero-order valence-electron chi connectivity index (χ0n) is 8.14. The van der Waals surface area contributed by atoms with Crippen molar-refractivity contribution in [3.05, 3.63) is 18.0 Å². The molecule has 3 nitrogen and oxygen atoms in total. The van der Waals surface area contributed by atoms with Crippen LogP contribution in [0.3, 0.4) is 0 Å². The molecule has 0 amide bonds. The largest absolute Gasteiger partial charge is 0.393 e. The highest BCUT2D eigenvalue weighted by Crippen LogP contribution is 2.38. The predicted molar refractivity (Wildman–Crippen MR) is 50.4 cm³/mol. The third-order valence-corrected chi connectivity index (χ3v) is 3.25. The zero-order chi connectivity index (χ0) is 9.42. The number of aliphatic hydroxyl groups excluding tert-OH is 1. The van der Waals surface area contributed by atoms with Crippen molar-refractivity contribution in [3.8, 4) is 0 Å². The number of aryl methyl sites for hydroxylation is 1. The van der Waals surface area contributed by atoms with Crippen molar-refractivity contribution in [1.29, 1.82) is 0 Å². The van der Waals surface area contributed by atoms with Crippen LogP contribution >= 0.6 is 0 Å². The Hall–Kier alpha value is -0.830. The van der Waals surface area contributed by atoms with Crippen LogP contribution in [-0.4, -0.2) is 21.0 Å². The normalized spacial score (nSPS) is 33.9. The molecular weight excluding hydrogens is 164 g/mol. The Balaban J connectivity index is 2.23. The van der Waals surface area contributed by atoms with Crippen LogP contribution in [0, 0.1) is 5.92 Å². The van der Waals surface area contributed by atoms with Crippen molar-refractivity contribution in [3.63, 3.8) is 0 Å². The fourth-order valence-electron chi connectivity index (χ4n) is 2.31. The van der Waals surface area contributed by atoms with Crippen molar-refractivity contribution < 1.29 is 5.11 Å². The fourth-order valence-corrected chi connectivity index (χ4v) is 2.31. The third-order valence-electron chi connectivity index (χ3n) is 3.25. The smallest absolute Gasteiger partial charge is 0.0572 e. The van der Waals surface area contributed by atoms with Gasteiger partial charge in [-0.2, -0.15) is 5.10 Å². The van der Waals surface area contributed by atoms with Gasteiger partial charge in [-0.3, -0.25) is 4.68 Å². The highest BCUT2D eigenvalue weighted by atomic mass is 16.3. The van der Waals surface area contributed by atoms with Gasteiger partial charge >= 0.3 is 0 Å². The number of aliphatic hydroxyl groups is 1. The number of aromatic nitrogens is 2. The first-order valence-electron chi connectivity index (χ1n) is 4.86. The van der Waals surface area contributed by atoms with Gasteiger partial charge in [0.05, 0.1) is 6.10 Å². The highest BCUT2D eigenvalue weighted by Gasteiger charge is 2.33. The summed E-state index contributed by atoms with van der Waals surface area (Å²) in [4.78, 5) is 0. The molecule has 2 rings (SSSR count). The lowest BCUT2D eigenvalue weighted by Crippen LogP contribution is -2.16. The molecule has 3 atom stereocenters. The zero-order valence-corrected chi connectivity index (χ0v) is 8.14. The topological polar surface area (TPSA) is 38.1 Å². The van der Waals surface area contributed by atoms with Gasteiger partial charge in [-0.05, 0) is 24.8 Å². The molecule has 1 aromatic heterocycles. The standard InChI is InChI=1S/C10H16N2O/c1-7-8(3-4-10(7)13)9-5-6-11-12(9)2/h5-8,10,13H,3-4H2,1-2H3. The van der Waals surface area contributed by atoms with Crippen LogP contribution in [0.15, 0.2) is 12.3 Å². The lowest BCUT2D eigenvalue weighted by Gasteiger charge is -2.17. The molecule has 0 spiro atoms. The summed E-state index contributed by atoms with van der Waals surface area (Å²) in [6.07, 6.45) is 3.71. The van der Waals surface area contributed by atoms with E-state index in [-0.39, 0.29) is 6.10 Å². The summed E-state index contributed by atoms with van der Waals surface area (Å²) in [6.45, 7) is 2.12. The molecular formula is C10H16N2O. The monoisotopic (exact) mass is 180 g/mol. The minimum Gasteiger partial charge on any atom is -0.393 e. The van der Waals surface area contributed by atoms with E-state index in [1.807, 2.05) is 17.9 Å². The van der Waals surface area contributed by atoms with E-state index >= 15 is 0 Å². The molecule has 0 bridgehead atoms. The molecule has 0 aromatic carbocycles. The van der Waals surface area contributed by atoms with Crippen molar-refractivity contribution in [2.24, 2.45) is 13.0 Å². The first-order valence-corrected chi connectivity index (χ1v) is 4.86. The van der Waals surface area contributed by atoms with Crippen LogP contribution in [0.2, 0.25) is 0 Å². The highest BCUT2D eigenvalue weighted by molar-refractivity contribution is 5.11. The molecule has 1 aliphatic carbocycles. The van der Waals surface area contributed by atoms with Crippen LogP contribution in [0.25, 0.3) is 0 Å². The maximum Gasteiger partial charge on any atom is 0.0572 e. The number of rotatable bonds is 1. The molecule has 3 heteroatoms. The first kappa shape index (κ1) is 8.75. The summed E-state index contributed by atoms with van der Waals surface area (Å²) in [5.41, 5.74) is 1.25. The Morgan fingerprint density at radius 3 is 2.77 bits per heavy atom. The van der Waals surface area contributed by atoms with Crippen LogP contribution in [0.4, 0.5) is 0 Å². The van der Waals surface area contributed by atoms with Gasteiger partial charge in [0.1, 0.15) is 0 Å². The van der Waals surface area contributed by atoms with Gasteiger partial charge in [0.15, 0.2) is 0 Å². The molecule has 13 heavy (non-hydrogen) atoms. The molecule has 72 valence electrons. The summed E-state index contributed by atoms with van der Waals surface area (Å²) in [5, 5.41) is 13.8. The number of nitrogens with zero attached hydrogens (tertiary/aromatic N) is 2. The SMILES string of the molecule is CC1C(O)CCC1c1ccnn1C. The van der Waals surface area contributed by atoms with E-state index in [9.17, 15) is 5.11 Å². The molecule has 1 heterocycles. The molecule has 1 fully saturated rings. The van der Waals surface area contributed by atoms with Crippen LogP contribution in [-0.2, 0) is 7.05 Å². The minimum atomic E-state index is -0.125. The quantitative estimate of drug-likeness (QED) is 0.707. The second-order valence-corrected chi connectivity index (χ2v) is 3.99. The molecule has 0 radical (unpaired) electrons. The second kappa shape index (κ2) is 3.14. The van der Waals surface area contributed by atoms with Gasteiger partial charge < -0.3 is 5.11 Å². The number of hydrogen-bond donors (Lipinski definition) is 1. The lowest BCUT2D eigenvalue weighted by molar-refractivity contribution is 0.136. The number of hydrogen-bond acceptors (Lipinski definition) is 2. The van der Waals surface area contributed by atoms with Gasteiger partial charge in [0, 0.05) is 24.9 Å². The first-order chi connectivity index (χ1) is 6.20. The van der Waals surface area contributed by atoms with Crippen LogP contribution in [0.5, 0.6) is 0 Å². The Morgan fingerprint density at radius 2 is 2.31 bits per heavy atom. The van der Waals surface area contributed by atoms with Crippen molar-refractivity contribution in [2.75, 3.05) is 0 Å². The van der Waals surface area contributed by atoms with E-state index in [4.69, 9.17) is 0 Å². The van der Waals surface area contributed by atoms with Crippen LogP contribution in [0.1, 0.15) is 31.4 Å². The molecule has 3 unspecified atom stereocenters. The van der Waals surface area contributed by atoms with E-state index in [0.717, 1.165) is 12.8 Å². The van der Waals surface area contributed by atoms with Gasteiger partial charge in [-0.15, -0.1) is 0 Å². The van der Waals surface area contributed by atoms with Gasteiger partial charge in [0.25, 0.3) is 0 Å². The predicted octanol–water partition coefficient (Wildman–Crippen LogP) is 1.29. The maximum atomic E-state index is 9.63. The third kappa shape index (κ3) is 1.37. The summed E-state index contributed by atoms with van der Waals surface area (Å²) < 4.78 is 1.92. The summed E-state index contributed by atoms with van der Waals surface area (Å²) in [7, 11) is 1.97. The van der Waals surface area contributed by atoms with E-state index < -0.39 is 0 Å². The van der Waals surface area contributed by atoms with Crippen molar-refractivity contribution >= 4 is 0 Å². The van der Waals surface area contributed by atoms with E-state index in [1.54, 1.807) is 0 Å². The van der Waals surface area contributed by atoms with Gasteiger partial charge in [0.2, 0.25) is 0 Å². The Morgan fingerprint density at radius 1 is 1.54 bits per heavy atom. The average molecular weight is 180 g/mol. The molecule has 0 saturated heterocycles. The van der Waals surface area contributed by atoms with E-state index in [2.05, 4.69) is 18.1 Å². The molecule has 1 N–H and O–H groups in total. The van der Waals surface area contributed by atoms with Gasteiger partial charge in [-0.1, -0.05) is 6.92 Å². The molecule has 1 saturated carbocycles. The van der Waals surface area contributed by atoms with E-state index in [0.29, 0.717) is 11.8 Å². The second-order valence-electron chi connectivity index (χ2n) is 3.99. The van der Waals surface area contributed by atoms with Crippen molar-refractivity contribution in [1.82, 2.24) is 9.78 Å². The fraction of sp³-hybridized carbons (Fsp3) is 0.700. The Bertz CT molecular complexity index is 295. The minimum absolute atomic E-state index is 0.125. The average Bonchev–Trinajstić information content (AvgIpc) is 2.62. The van der Waals surface area contributed by atoms with Gasteiger partial charge in [-0.25, -0.2) is 0 Å². The molecule has 1 aromatic rings.